The van der Waals surface area contributed by atoms with Gasteiger partial charge in [0, 0.05) is 23.5 Å². The summed E-state index contributed by atoms with van der Waals surface area (Å²) in [5, 5.41) is 2.79. The van der Waals surface area contributed by atoms with Gasteiger partial charge >= 0.3 is 0 Å². The topological polar surface area (TPSA) is 71.5 Å². The zero-order valence-electron chi connectivity index (χ0n) is 13.0. The van der Waals surface area contributed by atoms with Crippen LogP contribution in [0.1, 0.15) is 6.42 Å². The average molecular weight is 390 g/mol. The summed E-state index contributed by atoms with van der Waals surface area (Å²) in [7, 11) is 1.53. The lowest BCUT2D eigenvalue weighted by molar-refractivity contribution is -0.122. The van der Waals surface area contributed by atoms with E-state index in [1.165, 1.54) is 13.3 Å². The van der Waals surface area contributed by atoms with E-state index < -0.39 is 5.92 Å². The van der Waals surface area contributed by atoms with Gasteiger partial charge in [0.05, 0.1) is 30.6 Å². The lowest BCUT2D eigenvalue weighted by Crippen LogP contribution is -2.28. The molecule has 3 rings (SSSR count). The maximum absolute atomic E-state index is 12.4. The summed E-state index contributed by atoms with van der Waals surface area (Å²) >= 11 is 3.44. The van der Waals surface area contributed by atoms with E-state index in [0.717, 1.165) is 10.2 Å². The number of methoxy groups -OCH3 is 1. The van der Waals surface area contributed by atoms with Gasteiger partial charge in [-0.05, 0) is 34.1 Å². The van der Waals surface area contributed by atoms with Crippen LogP contribution in [-0.4, -0.2) is 30.5 Å². The molecule has 1 saturated heterocycles. The van der Waals surface area contributed by atoms with E-state index in [1.54, 1.807) is 17.0 Å². The van der Waals surface area contributed by atoms with Crippen LogP contribution in [0.4, 0.5) is 11.4 Å². The molecule has 1 aliphatic rings. The number of para-hydroxylation sites is 1. The number of aromatic nitrogens is 1. The highest BCUT2D eigenvalue weighted by Gasteiger charge is 2.35. The van der Waals surface area contributed by atoms with Crippen LogP contribution in [-0.2, 0) is 9.59 Å². The number of pyridine rings is 1. The fourth-order valence-corrected chi connectivity index (χ4v) is 3.10. The minimum Gasteiger partial charge on any atom is -0.481 e. The zero-order chi connectivity index (χ0) is 17.1. The van der Waals surface area contributed by atoms with Gasteiger partial charge in [-0.15, -0.1) is 0 Å². The predicted octanol–water partition coefficient (Wildman–Crippen LogP) is 2.84. The fourth-order valence-electron chi connectivity index (χ4n) is 2.61. The van der Waals surface area contributed by atoms with Gasteiger partial charge in [-0.2, -0.15) is 0 Å². The number of nitrogens with one attached hydrogen (secondary N) is 1. The Morgan fingerprint density at radius 1 is 1.33 bits per heavy atom. The Kier molecular flexibility index (Phi) is 4.80. The number of nitrogens with zero attached hydrogens (tertiary/aromatic N) is 2. The number of ether oxygens (including phenoxy) is 1. The summed E-state index contributed by atoms with van der Waals surface area (Å²) in [6.45, 7) is 0.358. The molecular formula is C17H16BrN3O3. The summed E-state index contributed by atoms with van der Waals surface area (Å²) < 4.78 is 5.81. The number of carbonyl (C=O) groups excluding carboxylic acids is 2. The minimum atomic E-state index is -0.397. The van der Waals surface area contributed by atoms with E-state index in [-0.39, 0.29) is 18.2 Å². The molecule has 0 bridgehead atoms. The van der Waals surface area contributed by atoms with Gasteiger partial charge in [0.25, 0.3) is 0 Å². The molecule has 124 valence electrons. The molecule has 7 heteroatoms. The smallest absolute Gasteiger partial charge is 0.229 e. The summed E-state index contributed by atoms with van der Waals surface area (Å²) in [5.74, 6) is -0.171. The van der Waals surface area contributed by atoms with Crippen LogP contribution in [0.3, 0.4) is 0 Å². The van der Waals surface area contributed by atoms with E-state index >= 15 is 0 Å². The van der Waals surface area contributed by atoms with Gasteiger partial charge in [0.2, 0.25) is 17.7 Å². The van der Waals surface area contributed by atoms with Gasteiger partial charge in [0.15, 0.2) is 0 Å². The van der Waals surface area contributed by atoms with E-state index in [0.29, 0.717) is 18.1 Å². The normalized spacial score (nSPS) is 17.0. The molecule has 0 radical (unpaired) electrons. The highest BCUT2D eigenvalue weighted by Crippen LogP contribution is 2.31. The molecule has 1 aromatic heterocycles. The molecule has 2 aromatic rings. The second-order valence-electron chi connectivity index (χ2n) is 5.44. The van der Waals surface area contributed by atoms with E-state index in [2.05, 4.69) is 26.2 Å². The van der Waals surface area contributed by atoms with Crippen LogP contribution >= 0.6 is 15.9 Å². The van der Waals surface area contributed by atoms with Crippen molar-refractivity contribution in [3.05, 3.63) is 47.1 Å². The van der Waals surface area contributed by atoms with Crippen LogP contribution in [0.5, 0.6) is 5.88 Å². The molecule has 2 heterocycles. The van der Waals surface area contributed by atoms with Crippen LogP contribution in [0, 0.1) is 5.92 Å². The zero-order valence-corrected chi connectivity index (χ0v) is 14.6. The second-order valence-corrected chi connectivity index (χ2v) is 6.29. The van der Waals surface area contributed by atoms with Crippen molar-refractivity contribution >= 4 is 39.1 Å². The molecule has 1 fully saturated rings. The fraction of sp³-hybridized carbons (Fsp3) is 0.235. The van der Waals surface area contributed by atoms with Gasteiger partial charge < -0.3 is 15.0 Å². The number of hydrogen-bond donors (Lipinski definition) is 1. The molecular weight excluding hydrogens is 374 g/mol. The van der Waals surface area contributed by atoms with Crippen LogP contribution in [0.2, 0.25) is 0 Å². The average Bonchev–Trinajstić information content (AvgIpc) is 2.98. The third-order valence-corrected chi connectivity index (χ3v) is 4.52. The van der Waals surface area contributed by atoms with Gasteiger partial charge in [-0.1, -0.05) is 12.1 Å². The molecule has 6 nitrogen and oxygen atoms in total. The number of halogens is 1. The second kappa shape index (κ2) is 7.00. The lowest BCUT2D eigenvalue weighted by Gasteiger charge is -2.18. The van der Waals surface area contributed by atoms with Crippen molar-refractivity contribution in [3.63, 3.8) is 0 Å². The van der Waals surface area contributed by atoms with Crippen molar-refractivity contribution in [1.82, 2.24) is 4.98 Å². The Bertz CT molecular complexity index is 764. The van der Waals surface area contributed by atoms with Crippen LogP contribution in [0.25, 0.3) is 0 Å². The number of benzene rings is 1. The minimum absolute atomic E-state index is 0.0603. The van der Waals surface area contributed by atoms with E-state index in [4.69, 9.17) is 4.74 Å². The number of hydrogen-bond acceptors (Lipinski definition) is 4. The summed E-state index contributed by atoms with van der Waals surface area (Å²) in [6, 6.07) is 10.9. The maximum atomic E-state index is 12.4. The number of rotatable bonds is 4. The molecule has 0 saturated carbocycles. The Morgan fingerprint density at radius 2 is 2.12 bits per heavy atom. The first-order valence-corrected chi connectivity index (χ1v) is 8.23. The lowest BCUT2D eigenvalue weighted by atomic mass is 10.1. The standard InChI is InChI=1S/C17H16BrN3O3/c1-24-15-7-6-12(9-19-15)20-17(23)11-8-16(22)21(10-11)14-5-3-2-4-13(14)18/h2-7,9,11H,8,10H2,1H3,(H,20,23). The Balaban J connectivity index is 1.68. The van der Waals surface area contributed by atoms with E-state index in [9.17, 15) is 9.59 Å². The van der Waals surface area contributed by atoms with E-state index in [1.807, 2.05) is 24.3 Å². The highest BCUT2D eigenvalue weighted by atomic mass is 79.9. The summed E-state index contributed by atoms with van der Waals surface area (Å²) in [6.07, 6.45) is 1.72. The Hall–Kier alpha value is -2.41. The van der Waals surface area contributed by atoms with Crippen molar-refractivity contribution in [2.45, 2.75) is 6.42 Å². The molecule has 24 heavy (non-hydrogen) atoms. The largest absolute Gasteiger partial charge is 0.481 e. The van der Waals surface area contributed by atoms with Crippen molar-refractivity contribution in [1.29, 1.82) is 0 Å². The number of anilines is 2. The quantitative estimate of drug-likeness (QED) is 0.872. The highest BCUT2D eigenvalue weighted by molar-refractivity contribution is 9.10. The van der Waals surface area contributed by atoms with Gasteiger partial charge in [0.1, 0.15) is 0 Å². The molecule has 0 aliphatic carbocycles. The molecule has 2 amide bonds. The SMILES string of the molecule is COc1ccc(NC(=O)C2CC(=O)N(c3ccccc3Br)C2)cn1. The van der Waals surface area contributed by atoms with Crippen LogP contribution in [0.15, 0.2) is 47.1 Å². The molecule has 1 atom stereocenters. The van der Waals surface area contributed by atoms with Crippen molar-refractivity contribution in [3.8, 4) is 5.88 Å². The van der Waals surface area contributed by atoms with Crippen LogP contribution < -0.4 is 15.0 Å². The number of amides is 2. The molecule has 1 unspecified atom stereocenters. The summed E-state index contributed by atoms with van der Waals surface area (Å²) in [5.41, 5.74) is 1.36. The van der Waals surface area contributed by atoms with Gasteiger partial charge in [-0.25, -0.2) is 4.98 Å². The third kappa shape index (κ3) is 3.41. The predicted molar refractivity (Wildman–Crippen MR) is 94.0 cm³/mol. The van der Waals surface area contributed by atoms with Crippen molar-refractivity contribution in [2.75, 3.05) is 23.9 Å². The first-order valence-electron chi connectivity index (χ1n) is 7.44. The monoisotopic (exact) mass is 389 g/mol. The van der Waals surface area contributed by atoms with Crippen molar-refractivity contribution in [2.24, 2.45) is 5.92 Å². The van der Waals surface area contributed by atoms with Gasteiger partial charge in [-0.3, -0.25) is 9.59 Å². The first kappa shape index (κ1) is 16.4. The molecule has 0 spiro atoms. The Labute approximate surface area is 148 Å². The summed E-state index contributed by atoms with van der Waals surface area (Å²) in [4.78, 5) is 30.4. The third-order valence-electron chi connectivity index (χ3n) is 3.85. The first-order chi connectivity index (χ1) is 11.6. The molecule has 1 aromatic carbocycles. The maximum Gasteiger partial charge on any atom is 0.229 e. The number of carbonyl (C=O) groups is 2. The molecule has 1 aliphatic heterocycles. The van der Waals surface area contributed by atoms with Crippen molar-refractivity contribution < 1.29 is 14.3 Å². The Morgan fingerprint density at radius 3 is 2.79 bits per heavy atom. The molecule has 1 N–H and O–H groups in total.